The fourth-order valence-electron chi connectivity index (χ4n) is 1.97. The number of aliphatic carboxylic acids is 1. The molecule has 6 heteroatoms. The Balaban J connectivity index is 1.80. The highest BCUT2D eigenvalue weighted by molar-refractivity contribution is 5.67. The van der Waals surface area contributed by atoms with Gasteiger partial charge in [0.1, 0.15) is 13.2 Å². The van der Waals surface area contributed by atoms with Gasteiger partial charge in [0.15, 0.2) is 23.1 Å². The molecule has 6 nitrogen and oxygen atoms in total. The number of carboxylic acid groups (broad SMARTS) is 1. The van der Waals surface area contributed by atoms with Crippen LogP contribution < -0.4 is 9.47 Å². The van der Waals surface area contributed by atoms with Gasteiger partial charge in [0, 0.05) is 12.0 Å². The van der Waals surface area contributed by atoms with Gasteiger partial charge in [-0.2, -0.15) is 0 Å². The summed E-state index contributed by atoms with van der Waals surface area (Å²) in [6, 6.07) is 5.51. The average molecular weight is 275 g/mol. The number of rotatable bonds is 4. The van der Waals surface area contributed by atoms with Crippen LogP contribution in [0.2, 0.25) is 0 Å². The van der Waals surface area contributed by atoms with E-state index in [0.717, 1.165) is 5.56 Å². The molecule has 1 aliphatic heterocycles. The van der Waals surface area contributed by atoms with Crippen LogP contribution in [-0.2, 0) is 11.2 Å². The van der Waals surface area contributed by atoms with Crippen molar-refractivity contribution in [3.05, 3.63) is 30.3 Å². The van der Waals surface area contributed by atoms with Crippen LogP contribution in [0.15, 0.2) is 28.8 Å². The first-order chi connectivity index (χ1) is 9.72. The predicted octanol–water partition coefficient (Wildman–Crippen LogP) is 2.13. The number of ether oxygens (including phenoxy) is 2. The molecule has 1 aromatic carbocycles. The third-order valence-electron chi connectivity index (χ3n) is 2.93. The second-order valence-corrected chi connectivity index (χ2v) is 4.37. The summed E-state index contributed by atoms with van der Waals surface area (Å²) in [6.45, 7) is 1.07. The molecule has 1 N–H and O–H groups in total. The third-order valence-corrected chi connectivity index (χ3v) is 2.93. The zero-order valence-corrected chi connectivity index (χ0v) is 10.7. The molecule has 1 aromatic heterocycles. The Morgan fingerprint density at radius 3 is 2.85 bits per heavy atom. The van der Waals surface area contributed by atoms with Gasteiger partial charge in [-0.15, -0.1) is 0 Å². The fourth-order valence-corrected chi connectivity index (χ4v) is 1.97. The summed E-state index contributed by atoms with van der Waals surface area (Å²) in [5.74, 6) is 1.52. The van der Waals surface area contributed by atoms with Gasteiger partial charge in [-0.25, -0.2) is 4.98 Å². The molecule has 1 aliphatic rings. The summed E-state index contributed by atoms with van der Waals surface area (Å²) in [7, 11) is 0. The summed E-state index contributed by atoms with van der Waals surface area (Å²) in [5.41, 5.74) is 0.823. The van der Waals surface area contributed by atoms with E-state index in [1.54, 1.807) is 6.20 Å². The SMILES string of the molecule is O=C(O)CCc1ncc(-c2ccc3c(c2)OCCO3)o1. The molecule has 0 bridgehead atoms. The molecular formula is C14H13NO5. The summed E-state index contributed by atoms with van der Waals surface area (Å²) in [5, 5.41) is 8.63. The molecule has 0 saturated carbocycles. The highest BCUT2D eigenvalue weighted by atomic mass is 16.6. The van der Waals surface area contributed by atoms with E-state index in [1.807, 2.05) is 18.2 Å². The Kier molecular flexibility index (Phi) is 3.28. The molecule has 0 aliphatic carbocycles. The molecule has 0 atom stereocenters. The number of benzene rings is 1. The van der Waals surface area contributed by atoms with Gasteiger partial charge in [-0.1, -0.05) is 0 Å². The molecule has 0 amide bonds. The maximum atomic E-state index is 10.5. The number of oxazole rings is 1. The topological polar surface area (TPSA) is 81.8 Å². The number of carbonyl (C=O) groups is 1. The molecular weight excluding hydrogens is 262 g/mol. The fraction of sp³-hybridized carbons (Fsp3) is 0.286. The van der Waals surface area contributed by atoms with Crippen molar-refractivity contribution >= 4 is 5.97 Å². The van der Waals surface area contributed by atoms with Gasteiger partial charge in [0.2, 0.25) is 0 Å². The molecule has 0 spiro atoms. The molecule has 104 valence electrons. The molecule has 0 radical (unpaired) electrons. The van der Waals surface area contributed by atoms with Gasteiger partial charge >= 0.3 is 5.97 Å². The van der Waals surface area contributed by atoms with E-state index in [9.17, 15) is 4.79 Å². The van der Waals surface area contributed by atoms with Crippen molar-refractivity contribution in [3.8, 4) is 22.8 Å². The van der Waals surface area contributed by atoms with Crippen LogP contribution in [0.4, 0.5) is 0 Å². The number of hydrogen-bond donors (Lipinski definition) is 1. The van der Waals surface area contributed by atoms with Gasteiger partial charge in [0.25, 0.3) is 0 Å². The zero-order chi connectivity index (χ0) is 13.9. The molecule has 0 saturated heterocycles. The van der Waals surface area contributed by atoms with Crippen LogP contribution in [0.5, 0.6) is 11.5 Å². The lowest BCUT2D eigenvalue weighted by molar-refractivity contribution is -0.137. The largest absolute Gasteiger partial charge is 0.486 e. The molecule has 0 unspecified atom stereocenters. The normalized spacial score (nSPS) is 13.2. The first-order valence-corrected chi connectivity index (χ1v) is 6.29. The van der Waals surface area contributed by atoms with Crippen molar-refractivity contribution in [1.82, 2.24) is 4.98 Å². The highest BCUT2D eigenvalue weighted by Crippen LogP contribution is 2.34. The lowest BCUT2D eigenvalue weighted by Crippen LogP contribution is -2.15. The Labute approximate surface area is 115 Å². The molecule has 20 heavy (non-hydrogen) atoms. The minimum absolute atomic E-state index is 0.00108. The van der Waals surface area contributed by atoms with Crippen molar-refractivity contribution in [2.24, 2.45) is 0 Å². The summed E-state index contributed by atoms with van der Waals surface area (Å²) >= 11 is 0. The average Bonchev–Trinajstić information content (AvgIpc) is 2.93. The Morgan fingerprint density at radius 1 is 1.25 bits per heavy atom. The van der Waals surface area contributed by atoms with E-state index in [4.69, 9.17) is 19.0 Å². The number of fused-ring (bicyclic) bond motifs is 1. The standard InChI is InChI=1S/C14H13NO5/c16-14(17)4-3-13-15-8-12(20-13)9-1-2-10-11(7-9)19-6-5-18-10/h1-2,7-8H,3-6H2,(H,16,17). The number of aryl methyl sites for hydroxylation is 1. The van der Waals surface area contributed by atoms with E-state index in [-0.39, 0.29) is 12.8 Å². The maximum Gasteiger partial charge on any atom is 0.303 e. The zero-order valence-electron chi connectivity index (χ0n) is 10.7. The monoisotopic (exact) mass is 275 g/mol. The highest BCUT2D eigenvalue weighted by Gasteiger charge is 2.14. The van der Waals surface area contributed by atoms with Crippen LogP contribution in [0, 0.1) is 0 Å². The van der Waals surface area contributed by atoms with Crippen LogP contribution in [0.1, 0.15) is 12.3 Å². The summed E-state index contributed by atoms with van der Waals surface area (Å²) in [4.78, 5) is 14.6. The van der Waals surface area contributed by atoms with Crippen molar-refractivity contribution in [2.45, 2.75) is 12.8 Å². The minimum atomic E-state index is -0.871. The lowest BCUT2D eigenvalue weighted by atomic mass is 10.1. The molecule has 0 fully saturated rings. The molecule has 2 heterocycles. The van der Waals surface area contributed by atoms with E-state index >= 15 is 0 Å². The van der Waals surface area contributed by atoms with Crippen molar-refractivity contribution < 1.29 is 23.8 Å². The van der Waals surface area contributed by atoms with Crippen molar-refractivity contribution in [2.75, 3.05) is 13.2 Å². The quantitative estimate of drug-likeness (QED) is 0.920. The summed E-state index contributed by atoms with van der Waals surface area (Å²) in [6.07, 6.45) is 1.86. The van der Waals surface area contributed by atoms with Crippen LogP contribution in [0.25, 0.3) is 11.3 Å². The minimum Gasteiger partial charge on any atom is -0.486 e. The predicted molar refractivity (Wildman–Crippen MR) is 68.9 cm³/mol. The first kappa shape index (κ1) is 12.5. The van der Waals surface area contributed by atoms with Crippen LogP contribution >= 0.6 is 0 Å². The Morgan fingerprint density at radius 2 is 2.05 bits per heavy atom. The number of carboxylic acids is 1. The van der Waals surface area contributed by atoms with E-state index in [0.29, 0.717) is 36.4 Å². The lowest BCUT2D eigenvalue weighted by Gasteiger charge is -2.18. The first-order valence-electron chi connectivity index (χ1n) is 6.29. The summed E-state index contributed by atoms with van der Waals surface area (Å²) < 4.78 is 16.5. The van der Waals surface area contributed by atoms with E-state index in [1.165, 1.54) is 0 Å². The number of nitrogens with zero attached hydrogens (tertiary/aromatic N) is 1. The number of hydrogen-bond acceptors (Lipinski definition) is 5. The van der Waals surface area contributed by atoms with Gasteiger partial charge in [-0.3, -0.25) is 4.79 Å². The molecule has 3 rings (SSSR count). The third kappa shape index (κ3) is 2.59. The second kappa shape index (κ2) is 5.24. The maximum absolute atomic E-state index is 10.5. The smallest absolute Gasteiger partial charge is 0.303 e. The van der Waals surface area contributed by atoms with Crippen LogP contribution in [-0.4, -0.2) is 29.3 Å². The Hall–Kier alpha value is -2.50. The van der Waals surface area contributed by atoms with Gasteiger partial charge in [0.05, 0.1) is 12.6 Å². The van der Waals surface area contributed by atoms with E-state index < -0.39 is 5.97 Å². The Bertz CT molecular complexity index is 634. The van der Waals surface area contributed by atoms with Gasteiger partial charge < -0.3 is 19.0 Å². The second-order valence-electron chi connectivity index (χ2n) is 4.37. The molecule has 2 aromatic rings. The number of aromatic nitrogens is 1. The van der Waals surface area contributed by atoms with Crippen molar-refractivity contribution in [1.29, 1.82) is 0 Å². The van der Waals surface area contributed by atoms with Gasteiger partial charge in [-0.05, 0) is 18.2 Å². The van der Waals surface area contributed by atoms with Crippen LogP contribution in [0.3, 0.4) is 0 Å². The van der Waals surface area contributed by atoms with Crippen molar-refractivity contribution in [3.63, 3.8) is 0 Å². The van der Waals surface area contributed by atoms with E-state index in [2.05, 4.69) is 4.98 Å².